The van der Waals surface area contributed by atoms with E-state index in [1.54, 1.807) is 7.11 Å². The van der Waals surface area contributed by atoms with Gasteiger partial charge in [0.25, 0.3) is 0 Å². The molecule has 0 fully saturated rings. The van der Waals surface area contributed by atoms with E-state index in [0.29, 0.717) is 12.6 Å². The first kappa shape index (κ1) is 17.6. The van der Waals surface area contributed by atoms with E-state index in [0.717, 1.165) is 24.6 Å². The molecule has 0 saturated carbocycles. The first-order valence-corrected chi connectivity index (χ1v) is 7.11. The summed E-state index contributed by atoms with van der Waals surface area (Å²) in [6.07, 6.45) is 2.33. The quantitative estimate of drug-likeness (QED) is 0.494. The average molecular weight is 275 g/mol. The van der Waals surface area contributed by atoms with Crippen LogP contribution in [0.4, 0.5) is 0 Å². The molecule has 1 atom stereocenters. The zero-order valence-electron chi connectivity index (χ0n) is 12.5. The molecule has 0 aromatic carbocycles. The molecule has 2 N–H and O–H groups in total. The minimum absolute atomic E-state index is 0.252. The number of hydrogen-bond acceptors (Lipinski definition) is 3. The molecule has 0 spiro atoms. The van der Waals surface area contributed by atoms with E-state index in [1.165, 1.54) is 6.42 Å². The molecule has 0 amide bonds. The van der Waals surface area contributed by atoms with E-state index in [9.17, 15) is 0 Å². The smallest absolute Gasteiger partial charge is 0.166 e. The topological polar surface area (TPSA) is 36.5 Å². The molecule has 0 aliphatic heterocycles. The molecule has 18 heavy (non-hydrogen) atoms. The normalized spacial score (nSPS) is 12.8. The molecule has 4 nitrogen and oxygen atoms in total. The lowest BCUT2D eigenvalue weighted by Gasteiger charge is -2.21. The van der Waals surface area contributed by atoms with Gasteiger partial charge in [0.1, 0.15) is 0 Å². The highest BCUT2D eigenvalue weighted by molar-refractivity contribution is 7.80. The summed E-state index contributed by atoms with van der Waals surface area (Å²) in [5.74, 6) is 0. The SMILES string of the molecule is COCC(C)NC(=S)NCCCCN(C)C(C)C. The minimum atomic E-state index is 0.252. The summed E-state index contributed by atoms with van der Waals surface area (Å²) in [6.45, 7) is 9.22. The van der Waals surface area contributed by atoms with E-state index in [1.807, 2.05) is 0 Å². The third-order valence-corrected chi connectivity index (χ3v) is 3.16. The first-order valence-electron chi connectivity index (χ1n) is 6.71. The fraction of sp³-hybridized carbons (Fsp3) is 0.923. The first-order chi connectivity index (χ1) is 8.47. The van der Waals surface area contributed by atoms with Crippen LogP contribution < -0.4 is 10.6 Å². The van der Waals surface area contributed by atoms with Gasteiger partial charge in [0.2, 0.25) is 0 Å². The molecule has 0 aliphatic rings. The monoisotopic (exact) mass is 275 g/mol. The van der Waals surface area contributed by atoms with Gasteiger partial charge in [0, 0.05) is 25.7 Å². The fourth-order valence-corrected chi connectivity index (χ4v) is 1.82. The standard InChI is InChI=1S/C13H29N3OS/c1-11(2)16(4)9-7-6-8-14-13(18)15-12(3)10-17-5/h11-12H,6-10H2,1-5H3,(H2,14,15,18). The van der Waals surface area contributed by atoms with Gasteiger partial charge in [0.15, 0.2) is 5.11 Å². The summed E-state index contributed by atoms with van der Waals surface area (Å²) in [7, 11) is 3.86. The van der Waals surface area contributed by atoms with Crippen molar-refractivity contribution in [1.82, 2.24) is 15.5 Å². The van der Waals surface area contributed by atoms with Crippen LogP contribution in [0.3, 0.4) is 0 Å². The third-order valence-electron chi connectivity index (χ3n) is 2.90. The van der Waals surface area contributed by atoms with Gasteiger partial charge in [-0.2, -0.15) is 0 Å². The highest BCUT2D eigenvalue weighted by atomic mass is 32.1. The van der Waals surface area contributed by atoms with Crippen molar-refractivity contribution in [2.45, 2.75) is 45.7 Å². The maximum atomic E-state index is 5.20. The van der Waals surface area contributed by atoms with Crippen molar-refractivity contribution in [3.8, 4) is 0 Å². The lowest BCUT2D eigenvalue weighted by molar-refractivity contribution is 0.179. The van der Waals surface area contributed by atoms with Crippen LogP contribution >= 0.6 is 12.2 Å². The summed E-state index contributed by atoms with van der Waals surface area (Å²) < 4.78 is 5.04. The lowest BCUT2D eigenvalue weighted by Crippen LogP contribution is -2.42. The van der Waals surface area contributed by atoms with Gasteiger partial charge in [-0.15, -0.1) is 0 Å². The molecule has 108 valence electrons. The van der Waals surface area contributed by atoms with E-state index in [2.05, 4.69) is 43.4 Å². The molecule has 5 heteroatoms. The number of hydrogen-bond donors (Lipinski definition) is 2. The van der Waals surface area contributed by atoms with E-state index < -0.39 is 0 Å². The minimum Gasteiger partial charge on any atom is -0.383 e. The van der Waals surface area contributed by atoms with Gasteiger partial charge >= 0.3 is 0 Å². The highest BCUT2D eigenvalue weighted by Gasteiger charge is 2.04. The molecule has 0 saturated heterocycles. The van der Waals surface area contributed by atoms with Crippen LogP contribution in [0.15, 0.2) is 0 Å². The van der Waals surface area contributed by atoms with Crippen molar-refractivity contribution < 1.29 is 4.74 Å². The van der Waals surface area contributed by atoms with Gasteiger partial charge in [-0.25, -0.2) is 0 Å². The summed E-state index contributed by atoms with van der Waals surface area (Å²) >= 11 is 5.20. The Morgan fingerprint density at radius 2 is 1.94 bits per heavy atom. The largest absolute Gasteiger partial charge is 0.383 e. The Bertz CT molecular complexity index is 224. The zero-order chi connectivity index (χ0) is 14.0. The molecule has 0 aromatic heterocycles. The molecular formula is C13H29N3OS. The summed E-state index contributed by atoms with van der Waals surface area (Å²) in [5.41, 5.74) is 0. The number of nitrogens with zero attached hydrogens (tertiary/aromatic N) is 1. The Morgan fingerprint density at radius 3 is 2.50 bits per heavy atom. The van der Waals surface area contributed by atoms with Gasteiger partial charge < -0.3 is 20.3 Å². The van der Waals surface area contributed by atoms with Crippen molar-refractivity contribution in [1.29, 1.82) is 0 Å². The van der Waals surface area contributed by atoms with Crippen LogP contribution in [0, 0.1) is 0 Å². The molecule has 0 aromatic rings. The number of unbranched alkanes of at least 4 members (excludes halogenated alkanes) is 1. The Kier molecular flexibility index (Phi) is 10.3. The second-order valence-electron chi connectivity index (χ2n) is 5.04. The van der Waals surface area contributed by atoms with Crippen molar-refractivity contribution in [2.75, 3.05) is 33.9 Å². The number of nitrogens with one attached hydrogen (secondary N) is 2. The van der Waals surface area contributed by atoms with Crippen molar-refractivity contribution in [2.24, 2.45) is 0 Å². The van der Waals surface area contributed by atoms with E-state index in [4.69, 9.17) is 17.0 Å². The molecule has 0 aliphatic carbocycles. The number of rotatable bonds is 9. The number of thiocarbonyl (C=S) groups is 1. The molecule has 0 radical (unpaired) electrons. The second-order valence-corrected chi connectivity index (χ2v) is 5.45. The fourth-order valence-electron chi connectivity index (χ4n) is 1.51. The van der Waals surface area contributed by atoms with E-state index >= 15 is 0 Å². The van der Waals surface area contributed by atoms with Gasteiger partial charge in [-0.1, -0.05) is 0 Å². The molecule has 0 rings (SSSR count). The van der Waals surface area contributed by atoms with Crippen LogP contribution in [0.5, 0.6) is 0 Å². The predicted octanol–water partition coefficient (Wildman–Crippen LogP) is 1.61. The third kappa shape index (κ3) is 9.62. The predicted molar refractivity (Wildman–Crippen MR) is 82.1 cm³/mol. The van der Waals surface area contributed by atoms with Gasteiger partial charge in [-0.3, -0.25) is 0 Å². The number of methoxy groups -OCH3 is 1. The Labute approximate surface area is 117 Å². The van der Waals surface area contributed by atoms with Gasteiger partial charge in [0.05, 0.1) is 6.61 Å². The lowest BCUT2D eigenvalue weighted by atomic mass is 10.2. The summed E-state index contributed by atoms with van der Waals surface area (Å²) in [4.78, 5) is 2.36. The van der Waals surface area contributed by atoms with E-state index in [-0.39, 0.29) is 6.04 Å². The maximum absolute atomic E-state index is 5.20. The maximum Gasteiger partial charge on any atom is 0.166 e. The Hall–Kier alpha value is -0.390. The second kappa shape index (κ2) is 10.5. The Balaban J connectivity index is 3.46. The van der Waals surface area contributed by atoms with Gasteiger partial charge in [-0.05, 0) is 59.4 Å². The Morgan fingerprint density at radius 1 is 1.28 bits per heavy atom. The summed E-state index contributed by atoms with van der Waals surface area (Å²) in [6, 6.07) is 0.873. The molecule has 1 unspecified atom stereocenters. The number of ether oxygens (including phenoxy) is 1. The zero-order valence-corrected chi connectivity index (χ0v) is 13.3. The van der Waals surface area contributed by atoms with Crippen LogP contribution in [0.1, 0.15) is 33.6 Å². The van der Waals surface area contributed by atoms with Crippen LogP contribution in [-0.4, -0.2) is 55.9 Å². The average Bonchev–Trinajstić information content (AvgIpc) is 2.28. The van der Waals surface area contributed by atoms with Crippen molar-refractivity contribution in [3.05, 3.63) is 0 Å². The van der Waals surface area contributed by atoms with Crippen LogP contribution in [0.25, 0.3) is 0 Å². The molecular weight excluding hydrogens is 246 g/mol. The van der Waals surface area contributed by atoms with Crippen LogP contribution in [0.2, 0.25) is 0 Å². The van der Waals surface area contributed by atoms with Crippen LogP contribution in [-0.2, 0) is 4.74 Å². The van der Waals surface area contributed by atoms with Crippen molar-refractivity contribution >= 4 is 17.3 Å². The van der Waals surface area contributed by atoms with Crippen molar-refractivity contribution in [3.63, 3.8) is 0 Å². The highest BCUT2D eigenvalue weighted by Crippen LogP contribution is 1.97. The summed E-state index contributed by atoms with van der Waals surface area (Å²) in [5, 5.41) is 7.12. The molecule has 0 bridgehead atoms. The molecule has 0 heterocycles.